The molecule has 1 amide bonds. The third-order valence-electron chi connectivity index (χ3n) is 5.24. The van der Waals surface area contributed by atoms with Crippen molar-refractivity contribution in [1.29, 1.82) is 0 Å². The van der Waals surface area contributed by atoms with Gasteiger partial charge in [-0.1, -0.05) is 30.3 Å². The highest BCUT2D eigenvalue weighted by molar-refractivity contribution is 5.83. The Bertz CT molecular complexity index is 479. The second kappa shape index (κ2) is 9.80. The van der Waals surface area contributed by atoms with Crippen LogP contribution in [0.5, 0.6) is 0 Å². The van der Waals surface area contributed by atoms with Gasteiger partial charge in [0.05, 0.1) is 0 Å². The molecule has 0 bridgehead atoms. The van der Waals surface area contributed by atoms with Crippen LogP contribution < -0.4 is 5.32 Å². The average molecular weight is 332 g/mol. The smallest absolute Gasteiger partial charge is 0.244 e. The fraction of sp³-hybridized carbons (Fsp3) is 0.650. The van der Waals surface area contributed by atoms with Crippen molar-refractivity contribution in [3.05, 3.63) is 35.9 Å². The monoisotopic (exact) mass is 331 g/mol. The molecule has 1 N–H and O–H groups in total. The number of carbonyl (C=O) groups is 1. The van der Waals surface area contributed by atoms with Crippen LogP contribution in [-0.4, -0.2) is 55.5 Å². The first-order valence-corrected chi connectivity index (χ1v) is 9.43. The number of rotatable bonds is 8. The molecule has 24 heavy (non-hydrogen) atoms. The number of likely N-dealkylation sites (N-methyl/N-ethyl adjacent to an activating group) is 1. The van der Waals surface area contributed by atoms with E-state index in [0.717, 1.165) is 44.2 Å². The second-order valence-electron chi connectivity index (χ2n) is 6.70. The number of likely N-dealkylation sites (tertiary alicyclic amines) is 1. The molecule has 134 valence electrons. The molecule has 4 nitrogen and oxygen atoms in total. The topological polar surface area (TPSA) is 35.6 Å². The molecule has 4 heteroatoms. The third kappa shape index (κ3) is 4.81. The lowest BCUT2D eigenvalue weighted by molar-refractivity contribution is -0.137. The summed E-state index contributed by atoms with van der Waals surface area (Å²) in [5.41, 5.74) is 1.13. The van der Waals surface area contributed by atoms with Crippen LogP contribution in [0.3, 0.4) is 0 Å². The second-order valence-corrected chi connectivity index (χ2v) is 6.70. The van der Waals surface area contributed by atoms with E-state index in [4.69, 9.17) is 0 Å². The zero-order valence-electron chi connectivity index (χ0n) is 15.5. The predicted octanol–water partition coefficient (Wildman–Crippen LogP) is 2.92. The zero-order valence-corrected chi connectivity index (χ0v) is 15.5. The van der Waals surface area contributed by atoms with Gasteiger partial charge in [0.25, 0.3) is 0 Å². The Morgan fingerprint density at radius 3 is 2.38 bits per heavy atom. The Morgan fingerprint density at radius 1 is 1.21 bits per heavy atom. The number of amides is 1. The Balaban J connectivity index is 2.11. The number of hydrogen-bond donors (Lipinski definition) is 1. The Hall–Kier alpha value is -1.39. The molecule has 1 unspecified atom stereocenters. The van der Waals surface area contributed by atoms with E-state index in [9.17, 15) is 4.79 Å². The minimum atomic E-state index is -0.128. The minimum Gasteiger partial charge on any atom is -0.342 e. The molecule has 0 aromatic heterocycles. The van der Waals surface area contributed by atoms with Crippen molar-refractivity contribution in [3.8, 4) is 0 Å². The van der Waals surface area contributed by atoms with Crippen LogP contribution in [0, 0.1) is 5.92 Å². The van der Waals surface area contributed by atoms with Gasteiger partial charge in [-0.3, -0.25) is 9.69 Å². The van der Waals surface area contributed by atoms with Gasteiger partial charge in [-0.15, -0.1) is 0 Å². The molecule has 1 aromatic carbocycles. The van der Waals surface area contributed by atoms with Crippen LogP contribution in [0.25, 0.3) is 0 Å². The summed E-state index contributed by atoms with van der Waals surface area (Å²) in [6.45, 7) is 8.79. The van der Waals surface area contributed by atoms with Gasteiger partial charge < -0.3 is 10.2 Å². The highest BCUT2D eigenvalue weighted by atomic mass is 16.2. The first-order valence-electron chi connectivity index (χ1n) is 9.43. The van der Waals surface area contributed by atoms with Gasteiger partial charge in [0.1, 0.15) is 6.04 Å². The molecule has 0 radical (unpaired) electrons. The van der Waals surface area contributed by atoms with Gasteiger partial charge in [0.15, 0.2) is 0 Å². The van der Waals surface area contributed by atoms with Crippen molar-refractivity contribution >= 4 is 5.91 Å². The van der Waals surface area contributed by atoms with Gasteiger partial charge in [0, 0.05) is 13.1 Å². The maximum absolute atomic E-state index is 13.1. The lowest BCUT2D eigenvalue weighted by Crippen LogP contribution is -2.46. The van der Waals surface area contributed by atoms with Crippen LogP contribution >= 0.6 is 0 Å². The number of piperidine rings is 1. The fourth-order valence-electron chi connectivity index (χ4n) is 3.70. The Morgan fingerprint density at radius 2 is 1.83 bits per heavy atom. The number of carbonyl (C=O) groups excluding carboxylic acids is 1. The van der Waals surface area contributed by atoms with E-state index in [0.29, 0.717) is 0 Å². The van der Waals surface area contributed by atoms with Crippen molar-refractivity contribution in [2.45, 2.75) is 39.2 Å². The normalized spacial score (nSPS) is 17.6. The summed E-state index contributed by atoms with van der Waals surface area (Å²) in [5.74, 6) is 1.04. The maximum Gasteiger partial charge on any atom is 0.244 e. The van der Waals surface area contributed by atoms with Gasteiger partial charge in [-0.05, 0) is 71.3 Å². The van der Waals surface area contributed by atoms with E-state index in [2.05, 4.69) is 36.2 Å². The number of nitrogens with one attached hydrogen (secondary N) is 1. The SMILES string of the molecule is CCN(CC)C(=O)C(c1ccccc1)N1CCC(CCNC)CC1. The van der Waals surface area contributed by atoms with E-state index in [1.54, 1.807) is 0 Å². The Kier molecular flexibility index (Phi) is 7.73. The zero-order chi connectivity index (χ0) is 17.4. The van der Waals surface area contributed by atoms with Gasteiger partial charge in [-0.25, -0.2) is 0 Å². The van der Waals surface area contributed by atoms with Crippen molar-refractivity contribution in [3.63, 3.8) is 0 Å². The van der Waals surface area contributed by atoms with Crippen molar-refractivity contribution < 1.29 is 4.79 Å². The molecule has 1 aliphatic heterocycles. The standard InChI is InChI=1S/C20H33N3O/c1-4-22(5-2)20(24)19(18-9-7-6-8-10-18)23-15-12-17(13-16-23)11-14-21-3/h6-10,17,19,21H,4-5,11-16H2,1-3H3. The first kappa shape index (κ1) is 18.9. The predicted molar refractivity (Wildman–Crippen MR) is 100.0 cm³/mol. The molecule has 1 aromatic rings. The molecule has 0 aliphatic carbocycles. The van der Waals surface area contributed by atoms with Gasteiger partial charge in [-0.2, -0.15) is 0 Å². The van der Waals surface area contributed by atoms with E-state index >= 15 is 0 Å². The maximum atomic E-state index is 13.1. The van der Waals surface area contributed by atoms with Crippen LogP contribution in [-0.2, 0) is 4.79 Å². The summed E-state index contributed by atoms with van der Waals surface area (Å²) in [5, 5.41) is 3.25. The van der Waals surface area contributed by atoms with Gasteiger partial charge in [0.2, 0.25) is 5.91 Å². The molecule has 0 spiro atoms. The van der Waals surface area contributed by atoms with Crippen LogP contribution in [0.15, 0.2) is 30.3 Å². The molecule has 1 fully saturated rings. The summed E-state index contributed by atoms with van der Waals surface area (Å²) in [4.78, 5) is 17.5. The number of hydrogen-bond acceptors (Lipinski definition) is 3. The molecule has 0 saturated carbocycles. The lowest BCUT2D eigenvalue weighted by Gasteiger charge is -2.39. The van der Waals surface area contributed by atoms with Crippen LogP contribution in [0.4, 0.5) is 0 Å². The van der Waals surface area contributed by atoms with E-state index in [1.807, 2.05) is 30.1 Å². The Labute approximate surface area is 147 Å². The van der Waals surface area contributed by atoms with Crippen LogP contribution in [0.2, 0.25) is 0 Å². The van der Waals surface area contributed by atoms with Crippen molar-refractivity contribution in [2.24, 2.45) is 5.92 Å². The molecule has 1 atom stereocenters. The molecule has 1 saturated heterocycles. The molecular formula is C20H33N3O. The summed E-state index contributed by atoms with van der Waals surface area (Å²) in [6.07, 6.45) is 3.62. The molecule has 1 aliphatic rings. The summed E-state index contributed by atoms with van der Waals surface area (Å²) >= 11 is 0. The molecule has 1 heterocycles. The fourth-order valence-corrected chi connectivity index (χ4v) is 3.70. The highest BCUT2D eigenvalue weighted by Crippen LogP contribution is 2.29. The number of nitrogens with zero attached hydrogens (tertiary/aromatic N) is 2. The quantitative estimate of drug-likeness (QED) is 0.795. The van der Waals surface area contributed by atoms with Crippen molar-refractivity contribution in [2.75, 3.05) is 39.8 Å². The van der Waals surface area contributed by atoms with E-state index in [-0.39, 0.29) is 11.9 Å². The summed E-state index contributed by atoms with van der Waals surface area (Å²) in [7, 11) is 2.02. The molecular weight excluding hydrogens is 298 g/mol. The third-order valence-corrected chi connectivity index (χ3v) is 5.24. The first-order chi connectivity index (χ1) is 11.7. The number of benzene rings is 1. The van der Waals surface area contributed by atoms with E-state index in [1.165, 1.54) is 19.3 Å². The van der Waals surface area contributed by atoms with Crippen molar-refractivity contribution in [1.82, 2.24) is 15.1 Å². The van der Waals surface area contributed by atoms with E-state index < -0.39 is 0 Å². The van der Waals surface area contributed by atoms with Gasteiger partial charge >= 0.3 is 0 Å². The average Bonchev–Trinajstić information content (AvgIpc) is 2.63. The highest BCUT2D eigenvalue weighted by Gasteiger charge is 2.32. The minimum absolute atomic E-state index is 0.128. The lowest BCUT2D eigenvalue weighted by atomic mass is 9.91. The summed E-state index contributed by atoms with van der Waals surface area (Å²) in [6, 6.07) is 10.2. The van der Waals surface area contributed by atoms with Crippen LogP contribution in [0.1, 0.15) is 44.7 Å². The largest absolute Gasteiger partial charge is 0.342 e. The molecule has 2 rings (SSSR count). The summed E-state index contributed by atoms with van der Waals surface area (Å²) < 4.78 is 0.